The van der Waals surface area contributed by atoms with E-state index in [-0.39, 0.29) is 54.9 Å². The molecule has 0 aromatic rings. The molecule has 7 nitrogen and oxygen atoms in total. The van der Waals surface area contributed by atoms with Crippen LogP contribution in [0.3, 0.4) is 0 Å². The molecule has 1 aliphatic carbocycles. The van der Waals surface area contributed by atoms with Gasteiger partial charge in [0.15, 0.2) is 5.79 Å². The second-order valence-electron chi connectivity index (χ2n) is 15.2. The van der Waals surface area contributed by atoms with E-state index in [4.69, 9.17) is 28.8 Å². The van der Waals surface area contributed by atoms with Crippen LogP contribution in [0.4, 0.5) is 0 Å². The fourth-order valence-corrected chi connectivity index (χ4v) is 7.66. The molecule has 5 rings (SSSR count). The summed E-state index contributed by atoms with van der Waals surface area (Å²) in [6, 6.07) is 0. The second kappa shape index (κ2) is 14.7. The van der Waals surface area contributed by atoms with Gasteiger partial charge < -0.3 is 33.9 Å². The average molecular weight is 607 g/mol. The molecule has 0 aromatic carbocycles. The quantitative estimate of drug-likeness (QED) is 0.234. The number of hydrogen-bond donors (Lipinski definition) is 2. The summed E-state index contributed by atoms with van der Waals surface area (Å²) in [5.74, 6) is 1.28. The molecule has 4 saturated heterocycles. The van der Waals surface area contributed by atoms with Gasteiger partial charge in [0.25, 0.3) is 0 Å². The fraction of sp³-hybridized carbons (Fsp3) is 0.889. The summed E-state index contributed by atoms with van der Waals surface area (Å²) >= 11 is 0. The molecule has 4 heterocycles. The molecule has 1 saturated carbocycles. The van der Waals surface area contributed by atoms with Crippen LogP contribution in [0.1, 0.15) is 119 Å². The van der Waals surface area contributed by atoms with E-state index in [0.29, 0.717) is 23.9 Å². The summed E-state index contributed by atoms with van der Waals surface area (Å²) in [6.45, 7) is 23.3. The van der Waals surface area contributed by atoms with Crippen LogP contribution in [0.5, 0.6) is 0 Å². The average Bonchev–Trinajstić information content (AvgIpc) is 3.55. The molecule has 0 radical (unpaired) electrons. The first-order valence-electron chi connectivity index (χ1n) is 17.2. The van der Waals surface area contributed by atoms with Crippen LogP contribution in [0.25, 0.3) is 0 Å². The van der Waals surface area contributed by atoms with Crippen molar-refractivity contribution < 1.29 is 33.9 Å². The summed E-state index contributed by atoms with van der Waals surface area (Å²) in [7, 11) is 0. The first-order chi connectivity index (χ1) is 20.2. The van der Waals surface area contributed by atoms with Crippen molar-refractivity contribution in [1.29, 1.82) is 0 Å². The van der Waals surface area contributed by atoms with E-state index in [1.165, 1.54) is 0 Å². The summed E-state index contributed by atoms with van der Waals surface area (Å²) in [5.41, 5.74) is 2.12. The van der Waals surface area contributed by atoms with Crippen molar-refractivity contribution in [3.05, 3.63) is 24.3 Å². The van der Waals surface area contributed by atoms with Gasteiger partial charge in [0.1, 0.15) is 6.10 Å². The first-order valence-corrected chi connectivity index (χ1v) is 17.2. The zero-order chi connectivity index (χ0) is 31.5. The lowest BCUT2D eigenvalue weighted by molar-refractivity contribution is -0.194. The molecule has 43 heavy (non-hydrogen) atoms. The number of allylic oxidation sites excluding steroid dienone is 1. The lowest BCUT2D eigenvalue weighted by Crippen LogP contribution is -2.53. The van der Waals surface area contributed by atoms with Gasteiger partial charge in [-0.3, -0.25) is 0 Å². The van der Waals surface area contributed by atoms with Crippen molar-refractivity contribution in [2.24, 2.45) is 17.8 Å². The van der Waals surface area contributed by atoms with Crippen LogP contribution >= 0.6 is 0 Å². The SMILES string of the molecule is C=C(C)[C@H](C)C[C@H](O)CC[C@@H]1O[C@@H](CCCO)CC1=C.CC(C)[C@H](C)CC1CC[C@@H]2O[C@@H]3C[C@]2(C[C@H]2OC(C)(C)OC32)O1. The number of hydrogen-bond acceptors (Lipinski definition) is 7. The van der Waals surface area contributed by atoms with Gasteiger partial charge >= 0.3 is 0 Å². The number of fused-ring (bicyclic) bond motifs is 3. The summed E-state index contributed by atoms with van der Waals surface area (Å²) in [4.78, 5) is 0. The monoisotopic (exact) mass is 606 g/mol. The normalized spacial score (nSPS) is 38.2. The van der Waals surface area contributed by atoms with Crippen LogP contribution in [0, 0.1) is 17.8 Å². The maximum atomic E-state index is 10.1. The molecule has 7 heteroatoms. The third kappa shape index (κ3) is 8.93. The van der Waals surface area contributed by atoms with Crippen LogP contribution in [0.15, 0.2) is 24.3 Å². The molecule has 11 atom stereocenters. The van der Waals surface area contributed by atoms with Gasteiger partial charge in [-0.05, 0) is 102 Å². The van der Waals surface area contributed by atoms with E-state index >= 15 is 0 Å². The smallest absolute Gasteiger partial charge is 0.163 e. The minimum absolute atomic E-state index is 0.0773. The summed E-state index contributed by atoms with van der Waals surface area (Å²) < 4.78 is 31.3. The van der Waals surface area contributed by atoms with Gasteiger partial charge in [-0.25, -0.2) is 0 Å². The molecule has 1 spiro atoms. The third-order valence-corrected chi connectivity index (χ3v) is 10.7. The van der Waals surface area contributed by atoms with Gasteiger partial charge in [-0.15, -0.1) is 0 Å². The minimum atomic E-state index is -0.491. The molecule has 2 unspecified atom stereocenters. The Morgan fingerprint density at radius 3 is 2.37 bits per heavy atom. The summed E-state index contributed by atoms with van der Waals surface area (Å²) in [6.07, 6.45) is 11.1. The van der Waals surface area contributed by atoms with E-state index in [1.807, 2.05) is 20.8 Å². The molecule has 5 fully saturated rings. The Kier molecular flexibility index (Phi) is 12.0. The van der Waals surface area contributed by atoms with Crippen molar-refractivity contribution in [1.82, 2.24) is 0 Å². The first kappa shape index (κ1) is 35.1. The van der Waals surface area contributed by atoms with E-state index < -0.39 is 5.79 Å². The Morgan fingerprint density at radius 1 is 0.977 bits per heavy atom. The minimum Gasteiger partial charge on any atom is -0.396 e. The fourth-order valence-electron chi connectivity index (χ4n) is 7.66. The predicted molar refractivity (Wildman–Crippen MR) is 170 cm³/mol. The van der Waals surface area contributed by atoms with Gasteiger partial charge in [0.05, 0.1) is 48.3 Å². The van der Waals surface area contributed by atoms with Gasteiger partial charge in [-0.2, -0.15) is 0 Å². The third-order valence-electron chi connectivity index (χ3n) is 10.7. The molecule has 2 bridgehead atoms. The van der Waals surface area contributed by atoms with Gasteiger partial charge in [-0.1, -0.05) is 46.4 Å². The van der Waals surface area contributed by atoms with Gasteiger partial charge in [0, 0.05) is 19.4 Å². The van der Waals surface area contributed by atoms with Crippen molar-refractivity contribution in [3.63, 3.8) is 0 Å². The highest BCUT2D eigenvalue weighted by molar-refractivity contribution is 5.12. The maximum Gasteiger partial charge on any atom is 0.163 e. The maximum absolute atomic E-state index is 10.1. The molecule has 0 amide bonds. The molecule has 5 aliphatic rings. The number of aliphatic hydroxyl groups excluding tert-OH is 2. The molecule has 4 aliphatic heterocycles. The predicted octanol–water partition coefficient (Wildman–Crippen LogP) is 6.88. The van der Waals surface area contributed by atoms with Crippen molar-refractivity contribution >= 4 is 0 Å². The van der Waals surface area contributed by atoms with Gasteiger partial charge in [0.2, 0.25) is 0 Å². The highest BCUT2D eigenvalue weighted by Crippen LogP contribution is 2.54. The van der Waals surface area contributed by atoms with Crippen molar-refractivity contribution in [3.8, 4) is 0 Å². The zero-order valence-electron chi connectivity index (χ0n) is 28.2. The second-order valence-corrected chi connectivity index (χ2v) is 15.2. The van der Waals surface area contributed by atoms with Crippen LogP contribution in [-0.4, -0.2) is 77.0 Å². The Hall–Kier alpha value is -0.800. The van der Waals surface area contributed by atoms with Crippen LogP contribution < -0.4 is 0 Å². The lowest BCUT2D eigenvalue weighted by Gasteiger charge is -2.45. The van der Waals surface area contributed by atoms with Crippen LogP contribution in [-0.2, 0) is 23.7 Å². The van der Waals surface area contributed by atoms with E-state index in [2.05, 4.69) is 40.9 Å². The highest BCUT2D eigenvalue weighted by atomic mass is 16.8. The summed E-state index contributed by atoms with van der Waals surface area (Å²) in [5, 5.41) is 18.9. The van der Waals surface area contributed by atoms with E-state index in [0.717, 1.165) is 81.8 Å². The molecule has 2 N–H and O–H groups in total. The van der Waals surface area contributed by atoms with E-state index in [9.17, 15) is 5.11 Å². The highest BCUT2D eigenvalue weighted by Gasteiger charge is 2.64. The van der Waals surface area contributed by atoms with Crippen molar-refractivity contribution in [2.45, 2.75) is 179 Å². The molecule has 0 aromatic heterocycles. The Morgan fingerprint density at radius 2 is 1.70 bits per heavy atom. The number of rotatable bonds is 12. The topological polar surface area (TPSA) is 86.6 Å². The standard InChI is InChI=1S/C19H32O4.C17H30O3/c1-11(2)12(3)8-13-6-7-16-19(21-13)9-14(20-16)17-15(10-19)22-18(4,5)23-17;1-12(2)13(3)10-15(19)7-8-17-14(4)11-16(20-17)6-5-9-18/h11-17H,6-10H2,1-5H3;13,15-19H,1,4-11H2,2-3H3/t12-,13?,14-,15-,16+,17?,19-;13-,15-,16+,17+/m11/s1. The Labute approximate surface area is 261 Å². The van der Waals surface area contributed by atoms with E-state index in [1.54, 1.807) is 0 Å². The largest absolute Gasteiger partial charge is 0.396 e. The molecular weight excluding hydrogens is 544 g/mol. The molecular formula is C36H62O7. The number of ether oxygens (including phenoxy) is 5. The van der Waals surface area contributed by atoms with Crippen molar-refractivity contribution in [2.75, 3.05) is 6.61 Å². The van der Waals surface area contributed by atoms with Crippen LogP contribution in [0.2, 0.25) is 0 Å². The Balaban J connectivity index is 0.000000200. The molecule has 248 valence electrons. The zero-order valence-corrected chi connectivity index (χ0v) is 28.2. The Bertz CT molecular complexity index is 933. The number of aliphatic hydroxyl groups is 2. The lowest BCUT2D eigenvalue weighted by atomic mass is 9.75.